The average Bonchev–Trinajstić information content (AvgIpc) is 3.62. The van der Waals surface area contributed by atoms with Crippen LogP contribution in [-0.2, 0) is 9.59 Å². The number of carbonyl (C=O) groups excluding carboxylic acids is 3. The van der Waals surface area contributed by atoms with Gasteiger partial charge in [-0.15, -0.1) is 12.8 Å². The summed E-state index contributed by atoms with van der Waals surface area (Å²) in [7, 11) is 1.81. The minimum atomic E-state index is -0.413. The molecule has 176 valence electrons. The van der Waals surface area contributed by atoms with E-state index in [2.05, 4.69) is 37.3 Å². The highest BCUT2D eigenvalue weighted by atomic mass is 16.6. The normalized spacial score (nSPS) is 11.4. The summed E-state index contributed by atoms with van der Waals surface area (Å²) in [6, 6.07) is 9.88. The Labute approximate surface area is 188 Å². The second kappa shape index (κ2) is 25.0. The van der Waals surface area contributed by atoms with Crippen molar-refractivity contribution in [2.24, 2.45) is 0 Å². The molecule has 1 fully saturated rings. The van der Waals surface area contributed by atoms with Gasteiger partial charge in [0.05, 0.1) is 0 Å². The highest BCUT2D eigenvalue weighted by Gasteiger charge is 2.18. The maximum absolute atomic E-state index is 10.9. The molecule has 1 aliphatic rings. The molecule has 7 heteroatoms. The average molecular weight is 436 g/mol. The number of ether oxygens (including phenoxy) is 1. The van der Waals surface area contributed by atoms with Gasteiger partial charge in [0, 0.05) is 25.7 Å². The summed E-state index contributed by atoms with van der Waals surface area (Å²) in [5.41, 5.74) is 0. The quantitative estimate of drug-likeness (QED) is 0.472. The van der Waals surface area contributed by atoms with Crippen LogP contribution in [0.5, 0.6) is 5.75 Å². The first kappa shape index (κ1) is 32.6. The summed E-state index contributed by atoms with van der Waals surface area (Å²) < 4.78 is 4.90. The lowest BCUT2D eigenvalue weighted by molar-refractivity contribution is -0.118. The molecule has 1 aromatic rings. The molecule has 0 unspecified atom stereocenters. The van der Waals surface area contributed by atoms with Crippen LogP contribution in [0.1, 0.15) is 60.3 Å². The van der Waals surface area contributed by atoms with Gasteiger partial charge in [0.25, 0.3) is 0 Å². The van der Waals surface area contributed by atoms with Crippen molar-refractivity contribution in [3.05, 3.63) is 30.3 Å². The first-order valence-electron chi connectivity index (χ1n) is 10.7. The molecule has 1 atom stereocenters. The van der Waals surface area contributed by atoms with Crippen molar-refractivity contribution >= 4 is 18.9 Å². The molecule has 2 N–H and O–H groups in total. The fraction of sp³-hybridized carbons (Fsp3) is 0.542. The number of hydrogen-bond acceptors (Lipinski definition) is 4. The minimum Gasteiger partial charge on any atom is -0.410 e. The lowest BCUT2D eigenvalue weighted by Gasteiger charge is -2.18. The van der Waals surface area contributed by atoms with E-state index in [4.69, 9.17) is 4.74 Å². The van der Waals surface area contributed by atoms with Crippen LogP contribution in [0, 0.1) is 12.8 Å². The molecular formula is C24H41N3O4. The first-order chi connectivity index (χ1) is 15.0. The number of hydrogen-bond donors (Lipinski definition) is 2. The van der Waals surface area contributed by atoms with Crippen molar-refractivity contribution < 1.29 is 19.1 Å². The van der Waals surface area contributed by atoms with E-state index >= 15 is 0 Å². The number of benzene rings is 1. The molecule has 1 aromatic carbocycles. The fourth-order valence-electron chi connectivity index (χ4n) is 1.85. The Morgan fingerprint density at radius 2 is 1.74 bits per heavy atom. The van der Waals surface area contributed by atoms with Gasteiger partial charge in [0.1, 0.15) is 5.75 Å². The lowest BCUT2D eigenvalue weighted by Crippen LogP contribution is -2.26. The largest absolute Gasteiger partial charge is 0.412 e. The number of amides is 3. The predicted octanol–water partition coefficient (Wildman–Crippen LogP) is 4.23. The minimum absolute atomic E-state index is 0.396. The Morgan fingerprint density at radius 1 is 1.19 bits per heavy atom. The molecule has 3 amide bonds. The summed E-state index contributed by atoms with van der Waals surface area (Å²) in [6.45, 7) is 10.6. The van der Waals surface area contributed by atoms with E-state index < -0.39 is 6.09 Å². The van der Waals surface area contributed by atoms with Gasteiger partial charge < -0.3 is 20.3 Å². The molecule has 0 aliphatic heterocycles. The molecule has 0 heterocycles. The number of para-hydroxylation sites is 1. The van der Waals surface area contributed by atoms with Crippen molar-refractivity contribution in [2.75, 3.05) is 13.6 Å². The van der Waals surface area contributed by atoms with E-state index in [1.54, 1.807) is 17.0 Å². The number of nitrogens with zero attached hydrogens (tertiary/aromatic N) is 1. The van der Waals surface area contributed by atoms with Crippen molar-refractivity contribution in [1.82, 2.24) is 15.5 Å². The molecule has 1 saturated carbocycles. The second-order valence-corrected chi connectivity index (χ2v) is 6.20. The van der Waals surface area contributed by atoms with Crippen molar-refractivity contribution in [2.45, 2.75) is 72.4 Å². The highest BCUT2D eigenvalue weighted by Crippen LogP contribution is 2.17. The number of terminal acetylenes is 1. The molecule has 1 aliphatic carbocycles. The Bertz CT molecular complexity index is 560. The van der Waals surface area contributed by atoms with Crippen LogP contribution in [-0.4, -0.2) is 49.5 Å². The SMILES string of the molecule is C#C.CC.CCC[C@@H](C)N(C)C=O.CCNC(=O)Oc1ccccc1.O=CNC1CC1. The third kappa shape index (κ3) is 23.1. The lowest BCUT2D eigenvalue weighted by atomic mass is 10.2. The zero-order valence-electron chi connectivity index (χ0n) is 20.0. The van der Waals surface area contributed by atoms with Crippen molar-refractivity contribution in [3.8, 4) is 18.6 Å². The van der Waals surface area contributed by atoms with E-state index in [0.717, 1.165) is 25.7 Å². The molecular weight excluding hydrogens is 394 g/mol. The summed E-state index contributed by atoms with van der Waals surface area (Å²) >= 11 is 0. The number of rotatable bonds is 8. The maximum atomic E-state index is 10.9. The van der Waals surface area contributed by atoms with Crippen LogP contribution in [0.25, 0.3) is 0 Å². The van der Waals surface area contributed by atoms with Crippen molar-refractivity contribution in [1.29, 1.82) is 0 Å². The first-order valence-corrected chi connectivity index (χ1v) is 10.7. The topological polar surface area (TPSA) is 87.7 Å². The molecule has 0 radical (unpaired) electrons. The summed E-state index contributed by atoms with van der Waals surface area (Å²) in [5, 5.41) is 5.17. The van der Waals surface area contributed by atoms with Gasteiger partial charge in [0.15, 0.2) is 0 Å². The van der Waals surface area contributed by atoms with E-state index in [-0.39, 0.29) is 0 Å². The van der Waals surface area contributed by atoms with Crippen LogP contribution in [0.4, 0.5) is 4.79 Å². The molecule has 0 saturated heterocycles. The van der Waals surface area contributed by atoms with Gasteiger partial charge in [-0.3, -0.25) is 9.59 Å². The molecule has 0 aromatic heterocycles. The Morgan fingerprint density at radius 3 is 2.10 bits per heavy atom. The molecule has 0 spiro atoms. The van der Waals surface area contributed by atoms with Crippen LogP contribution in [0.3, 0.4) is 0 Å². The summed E-state index contributed by atoms with van der Waals surface area (Å²) in [5.74, 6) is 0.559. The van der Waals surface area contributed by atoms with E-state index in [9.17, 15) is 14.4 Å². The molecule has 31 heavy (non-hydrogen) atoms. The monoisotopic (exact) mass is 435 g/mol. The van der Waals surface area contributed by atoms with Gasteiger partial charge >= 0.3 is 6.09 Å². The third-order valence-electron chi connectivity index (χ3n) is 3.72. The predicted molar refractivity (Wildman–Crippen MR) is 128 cm³/mol. The van der Waals surface area contributed by atoms with E-state index in [1.807, 2.05) is 46.0 Å². The van der Waals surface area contributed by atoms with Crippen LogP contribution < -0.4 is 15.4 Å². The van der Waals surface area contributed by atoms with Gasteiger partial charge in [-0.1, -0.05) is 45.4 Å². The standard InChI is InChI=1S/C9H11NO2.C7H15NO.C4H7NO.C2H6.C2H2/c1-2-10-9(11)12-8-6-4-3-5-7-8;1-4-5-7(2)8(3)6-9;6-3-5-4-1-2-4;2*1-2/h3-7H,2H2,1H3,(H,10,11);6-7H,4-5H2,1-3H3;3-4H,1-2H2,(H,5,6);1-2H3;1-2H/t;7-;;;/m.1.../s1. The molecule has 2 rings (SSSR count). The van der Waals surface area contributed by atoms with Crippen LogP contribution in [0.2, 0.25) is 0 Å². The fourth-order valence-corrected chi connectivity index (χ4v) is 1.85. The highest BCUT2D eigenvalue weighted by molar-refractivity contribution is 5.70. The van der Waals surface area contributed by atoms with E-state index in [1.165, 1.54) is 12.8 Å². The van der Waals surface area contributed by atoms with Crippen molar-refractivity contribution in [3.63, 3.8) is 0 Å². The van der Waals surface area contributed by atoms with Gasteiger partial charge in [-0.25, -0.2) is 4.79 Å². The Balaban J connectivity index is -0.000000365. The smallest absolute Gasteiger partial charge is 0.410 e. The number of nitrogens with one attached hydrogen (secondary N) is 2. The van der Waals surface area contributed by atoms with E-state index in [0.29, 0.717) is 24.4 Å². The van der Waals surface area contributed by atoms with Gasteiger partial charge in [-0.2, -0.15) is 0 Å². The zero-order chi connectivity index (χ0) is 24.5. The summed E-state index contributed by atoms with van der Waals surface area (Å²) in [6.07, 6.45) is 13.8. The van der Waals surface area contributed by atoms with Crippen LogP contribution in [0.15, 0.2) is 30.3 Å². The number of carbonyl (C=O) groups is 3. The second-order valence-electron chi connectivity index (χ2n) is 6.20. The Kier molecular flexibility index (Phi) is 26.4. The third-order valence-corrected chi connectivity index (χ3v) is 3.72. The molecule has 0 bridgehead atoms. The van der Waals surface area contributed by atoms with Gasteiger partial charge in [0.2, 0.25) is 12.8 Å². The zero-order valence-corrected chi connectivity index (χ0v) is 20.0. The molecule has 7 nitrogen and oxygen atoms in total. The van der Waals surface area contributed by atoms with Crippen LogP contribution >= 0.6 is 0 Å². The Hall–Kier alpha value is -3.01. The maximum Gasteiger partial charge on any atom is 0.412 e. The van der Waals surface area contributed by atoms with Gasteiger partial charge in [-0.05, 0) is 45.2 Å². The summed E-state index contributed by atoms with van der Waals surface area (Å²) in [4.78, 5) is 32.3.